The zero-order valence-corrected chi connectivity index (χ0v) is 6.33. The number of aromatic nitrogens is 1. The van der Waals surface area contributed by atoms with E-state index in [0.29, 0.717) is 0 Å². The first-order valence-corrected chi connectivity index (χ1v) is 3.83. The lowest BCUT2D eigenvalue weighted by Crippen LogP contribution is -2.19. The number of hydrogen-bond acceptors (Lipinski definition) is 2. The average molecular weight is 147 g/mol. The van der Waals surface area contributed by atoms with Gasteiger partial charge in [0.05, 0.1) is 10.4 Å². The van der Waals surface area contributed by atoms with Gasteiger partial charge in [-0.2, -0.15) is 0 Å². The van der Waals surface area contributed by atoms with E-state index in [2.05, 4.69) is 16.4 Å². The lowest BCUT2D eigenvalue weighted by molar-refractivity contribution is 1.23. The van der Waals surface area contributed by atoms with Crippen LogP contribution in [0, 0.1) is 6.92 Å². The molecule has 1 aromatic heterocycles. The van der Waals surface area contributed by atoms with Crippen LogP contribution < -0.4 is 9.88 Å². The van der Waals surface area contributed by atoms with Crippen molar-refractivity contribution in [1.29, 1.82) is 0 Å². The number of fused-ring (bicyclic) bond motifs is 1. The monoisotopic (exact) mass is 147 g/mol. The quantitative estimate of drug-likeness (QED) is 0.482. The fourth-order valence-electron chi connectivity index (χ4n) is 0.874. The molecule has 1 aromatic rings. The number of hydrogen-bond donors (Lipinski definition) is 0. The molecule has 2 rings (SSSR count). The number of thiazole rings is 1. The minimum atomic E-state index is 1.03. The molecule has 0 aliphatic heterocycles. The van der Waals surface area contributed by atoms with Gasteiger partial charge in [-0.25, -0.2) is 4.98 Å². The molecule has 1 aliphatic rings. The van der Waals surface area contributed by atoms with Crippen molar-refractivity contribution in [2.45, 2.75) is 6.92 Å². The normalized spacial score (nSPS) is 12.1. The summed E-state index contributed by atoms with van der Waals surface area (Å²) in [4.78, 5) is 4.28. The Morgan fingerprint density at radius 2 is 2.50 bits per heavy atom. The second kappa shape index (κ2) is 1.96. The van der Waals surface area contributed by atoms with E-state index in [-0.39, 0.29) is 0 Å². The molecule has 1 aliphatic carbocycles. The van der Waals surface area contributed by atoms with Crippen molar-refractivity contribution >= 4 is 23.1 Å². The van der Waals surface area contributed by atoms with Gasteiger partial charge in [-0.1, -0.05) is 5.73 Å². The standard InChI is InChI=1S/C8H5NS/c1-6-9-7-4-2-3-5-8(7)10-6/h2,4H,1H3. The molecule has 0 radical (unpaired) electrons. The third-order valence-corrected chi connectivity index (χ3v) is 2.17. The first-order valence-electron chi connectivity index (χ1n) is 3.02. The molecule has 2 heteroatoms. The van der Waals surface area contributed by atoms with E-state index in [9.17, 15) is 0 Å². The van der Waals surface area contributed by atoms with Crippen molar-refractivity contribution < 1.29 is 0 Å². The van der Waals surface area contributed by atoms with Crippen LogP contribution in [0.4, 0.5) is 0 Å². The summed E-state index contributed by atoms with van der Waals surface area (Å²) in [6.45, 7) is 2.00. The highest BCUT2D eigenvalue weighted by Gasteiger charge is 1.92. The van der Waals surface area contributed by atoms with Gasteiger partial charge in [0.1, 0.15) is 4.53 Å². The van der Waals surface area contributed by atoms with Crippen LogP contribution in [-0.2, 0) is 0 Å². The third kappa shape index (κ3) is 0.758. The molecule has 0 bridgehead atoms. The van der Waals surface area contributed by atoms with E-state index in [1.807, 2.05) is 19.1 Å². The van der Waals surface area contributed by atoms with Gasteiger partial charge in [0.2, 0.25) is 0 Å². The number of aryl methyl sites for hydroxylation is 1. The zero-order valence-electron chi connectivity index (χ0n) is 5.51. The molecule has 10 heavy (non-hydrogen) atoms. The number of nitrogens with zero attached hydrogens (tertiary/aromatic N) is 1. The van der Waals surface area contributed by atoms with Gasteiger partial charge in [0, 0.05) is 0 Å². The fourth-order valence-corrected chi connectivity index (χ4v) is 1.64. The van der Waals surface area contributed by atoms with Gasteiger partial charge < -0.3 is 0 Å². The van der Waals surface area contributed by atoms with Gasteiger partial charge in [-0.05, 0) is 24.8 Å². The first kappa shape index (κ1) is 5.70. The van der Waals surface area contributed by atoms with E-state index in [1.165, 1.54) is 0 Å². The molecule has 0 fully saturated rings. The summed E-state index contributed by atoms with van der Waals surface area (Å²) in [5.74, 6) is 0. The minimum Gasteiger partial charge on any atom is -0.241 e. The Bertz CT molecular complexity index is 440. The van der Waals surface area contributed by atoms with Crippen LogP contribution in [0.25, 0.3) is 11.8 Å². The van der Waals surface area contributed by atoms with Gasteiger partial charge in [-0.15, -0.1) is 11.3 Å². The zero-order chi connectivity index (χ0) is 6.97. The topological polar surface area (TPSA) is 12.9 Å². The SMILES string of the molecule is Cc1nc2c(s1)=C=C=CC=2. The van der Waals surface area contributed by atoms with Crippen molar-refractivity contribution in [1.82, 2.24) is 4.98 Å². The molecule has 1 heterocycles. The van der Waals surface area contributed by atoms with E-state index >= 15 is 0 Å². The Balaban J connectivity index is 3.09. The number of allylic oxidation sites excluding steroid dienone is 1. The van der Waals surface area contributed by atoms with Gasteiger partial charge in [0.25, 0.3) is 0 Å². The van der Waals surface area contributed by atoms with E-state index in [1.54, 1.807) is 11.3 Å². The molecule has 0 saturated carbocycles. The van der Waals surface area contributed by atoms with E-state index in [4.69, 9.17) is 0 Å². The van der Waals surface area contributed by atoms with Gasteiger partial charge >= 0.3 is 0 Å². The first-order chi connectivity index (χ1) is 4.86. The molecule has 0 atom stereocenters. The molecule has 0 spiro atoms. The Labute approximate surface area is 62.4 Å². The predicted molar refractivity (Wildman–Crippen MR) is 42.1 cm³/mol. The van der Waals surface area contributed by atoms with Crippen LogP contribution in [0.5, 0.6) is 0 Å². The Morgan fingerprint density at radius 3 is 3.30 bits per heavy atom. The fraction of sp³-hybridized carbons (Fsp3) is 0.125. The Hall–Kier alpha value is -1.07. The van der Waals surface area contributed by atoms with Crippen molar-refractivity contribution in [2.75, 3.05) is 0 Å². The molecule has 0 amide bonds. The summed E-state index contributed by atoms with van der Waals surface area (Å²) in [5, 5.41) is 2.12. The molecule has 0 aromatic carbocycles. The maximum Gasteiger partial charge on any atom is 0.105 e. The molecular formula is C8H5NS. The predicted octanol–water partition coefficient (Wildman–Crippen LogP) is 0.336. The summed E-state index contributed by atoms with van der Waals surface area (Å²) < 4.78 is 1.10. The highest BCUT2D eigenvalue weighted by Crippen LogP contribution is 1.90. The molecule has 1 nitrogen and oxygen atoms in total. The number of rotatable bonds is 0. The summed E-state index contributed by atoms with van der Waals surface area (Å²) in [5.41, 5.74) is 5.90. The van der Waals surface area contributed by atoms with Crippen LogP contribution in [0.15, 0.2) is 11.8 Å². The maximum absolute atomic E-state index is 4.28. The summed E-state index contributed by atoms with van der Waals surface area (Å²) in [6.07, 6.45) is 3.79. The van der Waals surface area contributed by atoms with Gasteiger partial charge in [-0.3, -0.25) is 0 Å². The Morgan fingerprint density at radius 1 is 1.60 bits per heavy atom. The summed E-state index contributed by atoms with van der Waals surface area (Å²) >= 11 is 1.65. The second-order valence-corrected chi connectivity index (χ2v) is 3.25. The lowest BCUT2D eigenvalue weighted by Gasteiger charge is -1.72. The molecular weight excluding hydrogens is 142 g/mol. The van der Waals surface area contributed by atoms with Crippen molar-refractivity contribution in [3.63, 3.8) is 0 Å². The minimum absolute atomic E-state index is 1.03. The van der Waals surface area contributed by atoms with Crippen LogP contribution in [0.1, 0.15) is 5.01 Å². The second-order valence-electron chi connectivity index (χ2n) is 2.05. The van der Waals surface area contributed by atoms with Crippen molar-refractivity contribution in [3.05, 3.63) is 26.7 Å². The van der Waals surface area contributed by atoms with Crippen LogP contribution in [-0.4, -0.2) is 4.98 Å². The molecule has 48 valence electrons. The lowest BCUT2D eigenvalue weighted by atomic mass is 10.4. The third-order valence-electron chi connectivity index (χ3n) is 1.27. The van der Waals surface area contributed by atoms with E-state index < -0.39 is 0 Å². The maximum atomic E-state index is 4.28. The largest absolute Gasteiger partial charge is 0.241 e. The summed E-state index contributed by atoms with van der Waals surface area (Å²) in [7, 11) is 0. The smallest absolute Gasteiger partial charge is 0.105 e. The van der Waals surface area contributed by atoms with Crippen LogP contribution in [0.2, 0.25) is 0 Å². The highest BCUT2D eigenvalue weighted by atomic mass is 32.1. The summed E-state index contributed by atoms with van der Waals surface area (Å²) in [6, 6.07) is 0. The van der Waals surface area contributed by atoms with Crippen LogP contribution >= 0.6 is 11.3 Å². The average Bonchev–Trinajstić information content (AvgIpc) is 2.27. The van der Waals surface area contributed by atoms with Crippen LogP contribution in [0.3, 0.4) is 0 Å². The van der Waals surface area contributed by atoms with Crippen molar-refractivity contribution in [3.8, 4) is 0 Å². The Kier molecular flexibility index (Phi) is 1.12. The van der Waals surface area contributed by atoms with E-state index in [0.717, 1.165) is 14.9 Å². The molecule has 0 unspecified atom stereocenters. The molecule has 0 N–H and O–H groups in total. The molecule has 0 saturated heterocycles. The van der Waals surface area contributed by atoms with Crippen molar-refractivity contribution in [2.24, 2.45) is 0 Å². The van der Waals surface area contributed by atoms with Gasteiger partial charge in [0.15, 0.2) is 0 Å². The highest BCUT2D eigenvalue weighted by molar-refractivity contribution is 7.09.